The molecule has 0 aliphatic rings. The van der Waals surface area contributed by atoms with Crippen LogP contribution in [0.25, 0.3) is 0 Å². The number of methoxy groups -OCH3 is 1. The molecule has 0 saturated heterocycles. The minimum atomic E-state index is -0.929. The molecular weight excluding hydrogens is 220 g/mol. The Morgan fingerprint density at radius 1 is 1.47 bits per heavy atom. The number of rotatable bonds is 2. The third-order valence-corrected chi connectivity index (χ3v) is 1.88. The van der Waals surface area contributed by atoms with Crippen LogP contribution in [-0.2, 0) is 0 Å². The fourth-order valence-electron chi connectivity index (χ4n) is 1.04. The molecule has 1 aromatic carbocycles. The first-order valence-corrected chi connectivity index (χ1v) is 4.36. The summed E-state index contributed by atoms with van der Waals surface area (Å²) in [5.74, 6) is -0.333. The maximum atomic E-state index is 11.4. The molecule has 0 atom stereocenters. The largest absolute Gasteiger partial charge is 0.496 e. The summed E-state index contributed by atoms with van der Waals surface area (Å²) in [5.41, 5.74) is 4.97. The highest BCUT2D eigenvalue weighted by atomic mass is 35.5. The predicted octanol–water partition coefficient (Wildman–Crippen LogP) is 1.16. The second-order valence-corrected chi connectivity index (χ2v) is 3.10. The van der Waals surface area contributed by atoms with Gasteiger partial charge in [0.15, 0.2) is 0 Å². The maximum absolute atomic E-state index is 11.4. The van der Waals surface area contributed by atoms with Gasteiger partial charge in [0.25, 0.3) is 5.91 Å². The molecule has 0 aliphatic heterocycles. The minimum Gasteiger partial charge on any atom is -0.496 e. The molecule has 0 aromatic heterocycles. The number of amides is 3. The van der Waals surface area contributed by atoms with Crippen LogP contribution in [0, 0.1) is 0 Å². The van der Waals surface area contributed by atoms with Crippen molar-refractivity contribution in [3.8, 4) is 5.75 Å². The van der Waals surface area contributed by atoms with Gasteiger partial charge in [0, 0.05) is 5.02 Å². The van der Waals surface area contributed by atoms with E-state index in [0.29, 0.717) is 10.8 Å². The Morgan fingerprint density at radius 2 is 2.13 bits per heavy atom. The molecule has 1 aromatic rings. The van der Waals surface area contributed by atoms with Crippen LogP contribution in [0.3, 0.4) is 0 Å². The maximum Gasteiger partial charge on any atom is 0.319 e. The molecule has 3 amide bonds. The summed E-state index contributed by atoms with van der Waals surface area (Å²) in [6, 6.07) is 3.56. The molecule has 5 nitrogen and oxygen atoms in total. The normalized spacial score (nSPS) is 9.47. The fraction of sp³-hybridized carbons (Fsp3) is 0.111. The van der Waals surface area contributed by atoms with Crippen molar-refractivity contribution in [1.82, 2.24) is 5.32 Å². The molecule has 0 bridgehead atoms. The number of nitrogens with two attached hydrogens (primary N) is 1. The number of halogens is 1. The summed E-state index contributed by atoms with van der Waals surface area (Å²) in [6.45, 7) is 0. The Morgan fingerprint density at radius 3 is 2.67 bits per heavy atom. The van der Waals surface area contributed by atoms with Crippen molar-refractivity contribution < 1.29 is 14.3 Å². The van der Waals surface area contributed by atoms with Gasteiger partial charge in [-0.3, -0.25) is 10.1 Å². The lowest BCUT2D eigenvalue weighted by atomic mass is 10.2. The average molecular weight is 229 g/mol. The second-order valence-electron chi connectivity index (χ2n) is 2.66. The van der Waals surface area contributed by atoms with E-state index >= 15 is 0 Å². The smallest absolute Gasteiger partial charge is 0.319 e. The van der Waals surface area contributed by atoms with E-state index in [1.54, 1.807) is 6.07 Å². The average Bonchev–Trinajstić information content (AvgIpc) is 2.16. The van der Waals surface area contributed by atoms with Gasteiger partial charge in [0.05, 0.1) is 12.7 Å². The Hall–Kier alpha value is -1.75. The van der Waals surface area contributed by atoms with Crippen molar-refractivity contribution in [2.24, 2.45) is 5.73 Å². The first-order valence-electron chi connectivity index (χ1n) is 3.99. The van der Waals surface area contributed by atoms with E-state index in [4.69, 9.17) is 22.1 Å². The van der Waals surface area contributed by atoms with E-state index in [9.17, 15) is 9.59 Å². The summed E-state index contributed by atoms with van der Waals surface area (Å²) < 4.78 is 4.93. The Bertz CT molecular complexity index is 406. The van der Waals surface area contributed by atoms with Gasteiger partial charge in [-0.15, -0.1) is 0 Å². The van der Waals surface area contributed by atoms with E-state index in [2.05, 4.69) is 0 Å². The number of carbonyl (C=O) groups is 2. The minimum absolute atomic E-state index is 0.156. The van der Waals surface area contributed by atoms with Crippen molar-refractivity contribution in [1.29, 1.82) is 0 Å². The summed E-state index contributed by atoms with van der Waals surface area (Å²) in [5, 5.41) is 2.29. The van der Waals surface area contributed by atoms with Gasteiger partial charge >= 0.3 is 6.03 Å². The highest BCUT2D eigenvalue weighted by Crippen LogP contribution is 2.22. The highest BCUT2D eigenvalue weighted by molar-refractivity contribution is 6.31. The van der Waals surface area contributed by atoms with E-state index in [-0.39, 0.29) is 5.56 Å². The first-order chi connectivity index (χ1) is 7.04. The molecule has 0 unspecified atom stereocenters. The summed E-state index contributed by atoms with van der Waals surface area (Å²) >= 11 is 5.70. The van der Waals surface area contributed by atoms with Gasteiger partial charge in [-0.2, -0.15) is 0 Å². The highest BCUT2D eigenvalue weighted by Gasteiger charge is 2.13. The van der Waals surface area contributed by atoms with Crippen LogP contribution in [0.15, 0.2) is 18.2 Å². The zero-order valence-electron chi connectivity index (χ0n) is 7.91. The molecule has 0 spiro atoms. The van der Waals surface area contributed by atoms with Crippen LogP contribution in [0.4, 0.5) is 4.79 Å². The third kappa shape index (κ3) is 2.85. The number of primary amides is 1. The van der Waals surface area contributed by atoms with E-state index < -0.39 is 11.9 Å². The number of imide groups is 1. The SMILES string of the molecule is COc1ccc(Cl)cc1C(=O)NC(N)=O. The summed E-state index contributed by atoms with van der Waals surface area (Å²) in [4.78, 5) is 21.9. The third-order valence-electron chi connectivity index (χ3n) is 1.64. The number of ether oxygens (including phenoxy) is 1. The van der Waals surface area contributed by atoms with Crippen LogP contribution < -0.4 is 15.8 Å². The van der Waals surface area contributed by atoms with Crippen molar-refractivity contribution in [2.75, 3.05) is 7.11 Å². The van der Waals surface area contributed by atoms with Crippen LogP contribution in [-0.4, -0.2) is 19.0 Å². The summed E-state index contributed by atoms with van der Waals surface area (Å²) in [7, 11) is 1.41. The Labute approximate surface area is 91.2 Å². The molecule has 3 N–H and O–H groups in total. The monoisotopic (exact) mass is 228 g/mol. The number of hydrogen-bond acceptors (Lipinski definition) is 3. The number of nitrogens with one attached hydrogen (secondary N) is 1. The van der Waals surface area contributed by atoms with Crippen LogP contribution >= 0.6 is 11.6 Å². The number of carbonyl (C=O) groups excluding carboxylic acids is 2. The van der Waals surface area contributed by atoms with Crippen LogP contribution in [0.2, 0.25) is 5.02 Å². The van der Waals surface area contributed by atoms with Crippen LogP contribution in [0.1, 0.15) is 10.4 Å². The van der Waals surface area contributed by atoms with Gasteiger partial charge in [-0.05, 0) is 18.2 Å². The van der Waals surface area contributed by atoms with Gasteiger partial charge in [0.1, 0.15) is 5.75 Å². The summed E-state index contributed by atoms with van der Waals surface area (Å²) in [6.07, 6.45) is 0. The lowest BCUT2D eigenvalue weighted by Crippen LogP contribution is -2.35. The molecule has 0 saturated carbocycles. The van der Waals surface area contributed by atoms with Gasteiger partial charge in [-0.25, -0.2) is 4.79 Å². The quantitative estimate of drug-likeness (QED) is 0.797. The molecule has 0 aliphatic carbocycles. The standard InChI is InChI=1S/C9H9ClN2O3/c1-15-7-3-2-5(10)4-6(7)8(13)12-9(11)14/h2-4H,1H3,(H3,11,12,13,14). The van der Waals surface area contributed by atoms with Gasteiger partial charge < -0.3 is 10.5 Å². The van der Waals surface area contributed by atoms with E-state index in [1.165, 1.54) is 19.2 Å². The van der Waals surface area contributed by atoms with Crippen LogP contribution in [0.5, 0.6) is 5.75 Å². The molecule has 6 heteroatoms. The van der Waals surface area contributed by atoms with Crippen molar-refractivity contribution in [3.63, 3.8) is 0 Å². The fourth-order valence-corrected chi connectivity index (χ4v) is 1.21. The number of urea groups is 1. The molecule has 0 fully saturated rings. The zero-order valence-corrected chi connectivity index (χ0v) is 8.67. The zero-order chi connectivity index (χ0) is 11.4. The van der Waals surface area contributed by atoms with Gasteiger partial charge in [-0.1, -0.05) is 11.6 Å². The number of hydrogen-bond donors (Lipinski definition) is 2. The molecule has 1 rings (SSSR count). The van der Waals surface area contributed by atoms with E-state index in [1.807, 2.05) is 5.32 Å². The topological polar surface area (TPSA) is 81.4 Å². The Kier molecular flexibility index (Phi) is 3.51. The molecule has 15 heavy (non-hydrogen) atoms. The van der Waals surface area contributed by atoms with Gasteiger partial charge in [0.2, 0.25) is 0 Å². The molecule has 80 valence electrons. The predicted molar refractivity (Wildman–Crippen MR) is 55.1 cm³/mol. The number of benzene rings is 1. The molecule has 0 radical (unpaired) electrons. The van der Waals surface area contributed by atoms with E-state index in [0.717, 1.165) is 0 Å². The van der Waals surface area contributed by atoms with Crippen molar-refractivity contribution in [3.05, 3.63) is 28.8 Å². The lowest BCUT2D eigenvalue weighted by molar-refractivity contribution is 0.0963. The van der Waals surface area contributed by atoms with Crippen molar-refractivity contribution in [2.45, 2.75) is 0 Å². The molecular formula is C9H9ClN2O3. The molecule has 0 heterocycles. The second kappa shape index (κ2) is 4.65. The Balaban J connectivity index is 3.05. The lowest BCUT2D eigenvalue weighted by Gasteiger charge is -2.07. The van der Waals surface area contributed by atoms with Crippen molar-refractivity contribution >= 4 is 23.5 Å². The first kappa shape index (κ1) is 11.3.